The zero-order valence-electron chi connectivity index (χ0n) is 15.7. The lowest BCUT2D eigenvalue weighted by Crippen LogP contribution is -2.40. The van der Waals surface area contributed by atoms with Gasteiger partial charge in [-0.2, -0.15) is 0 Å². The van der Waals surface area contributed by atoms with E-state index in [0.29, 0.717) is 0 Å². The first-order valence-corrected chi connectivity index (χ1v) is 9.60. The van der Waals surface area contributed by atoms with Gasteiger partial charge < -0.3 is 14.8 Å². The van der Waals surface area contributed by atoms with E-state index in [4.69, 9.17) is 4.99 Å². The van der Waals surface area contributed by atoms with Crippen LogP contribution in [0.15, 0.2) is 64.5 Å². The molecule has 146 valence electrons. The summed E-state index contributed by atoms with van der Waals surface area (Å²) in [5.74, 6) is 0.979. The highest BCUT2D eigenvalue weighted by atomic mass is 127. The van der Waals surface area contributed by atoms with E-state index >= 15 is 0 Å². The van der Waals surface area contributed by atoms with Gasteiger partial charge in [0, 0.05) is 44.1 Å². The average Bonchev–Trinajstić information content (AvgIpc) is 2.69. The first-order chi connectivity index (χ1) is 12.8. The normalized spacial score (nSPS) is 14.5. The summed E-state index contributed by atoms with van der Waals surface area (Å²) in [5, 5.41) is 3.49. The second-order valence-electron chi connectivity index (χ2n) is 6.68. The summed E-state index contributed by atoms with van der Waals surface area (Å²) in [4.78, 5) is 18.9. The first-order valence-electron chi connectivity index (χ1n) is 9.60. The molecule has 0 atom stereocenters. The van der Waals surface area contributed by atoms with Crippen LogP contribution < -0.4 is 10.9 Å². The van der Waals surface area contributed by atoms with Gasteiger partial charge in [0.15, 0.2) is 5.96 Å². The molecule has 1 fully saturated rings. The highest BCUT2D eigenvalue weighted by molar-refractivity contribution is 14.0. The van der Waals surface area contributed by atoms with Crippen molar-refractivity contribution in [2.24, 2.45) is 4.99 Å². The van der Waals surface area contributed by atoms with E-state index in [1.54, 1.807) is 16.7 Å². The van der Waals surface area contributed by atoms with Crippen molar-refractivity contribution in [2.45, 2.75) is 38.6 Å². The van der Waals surface area contributed by atoms with Gasteiger partial charge in [-0.05, 0) is 50.3 Å². The number of unbranched alkanes of at least 4 members (excludes halogenated alkanes) is 1. The standard InChI is InChI=1S/C21H28N4O.HI/c26-20-13-5-9-15-24(20)16-10-6-14-22-21(25-17-7-2-8-18-25)23-19-11-3-1-4-12-19;/h1,3-5,9,11-13,15H,2,6-8,10,14,16-18H2,(H,22,23);1H. The molecule has 0 radical (unpaired) electrons. The topological polar surface area (TPSA) is 49.6 Å². The van der Waals surface area contributed by atoms with Gasteiger partial charge in [0.1, 0.15) is 0 Å². The maximum Gasteiger partial charge on any atom is 0.250 e. The summed E-state index contributed by atoms with van der Waals surface area (Å²) in [7, 11) is 0. The van der Waals surface area contributed by atoms with Crippen LogP contribution >= 0.6 is 24.0 Å². The Morgan fingerprint density at radius 3 is 2.44 bits per heavy atom. The molecule has 0 spiro atoms. The number of aryl methyl sites for hydroxylation is 1. The van der Waals surface area contributed by atoms with Gasteiger partial charge in [-0.1, -0.05) is 24.3 Å². The third-order valence-electron chi connectivity index (χ3n) is 4.65. The van der Waals surface area contributed by atoms with E-state index in [-0.39, 0.29) is 29.5 Å². The van der Waals surface area contributed by atoms with Crippen LogP contribution in [0.3, 0.4) is 0 Å². The lowest BCUT2D eigenvalue weighted by atomic mass is 10.1. The van der Waals surface area contributed by atoms with Crippen molar-refractivity contribution < 1.29 is 0 Å². The van der Waals surface area contributed by atoms with Crippen LogP contribution in [0.2, 0.25) is 0 Å². The fourth-order valence-corrected chi connectivity index (χ4v) is 3.20. The van der Waals surface area contributed by atoms with Crippen molar-refractivity contribution in [3.05, 3.63) is 65.1 Å². The van der Waals surface area contributed by atoms with Crippen molar-refractivity contribution in [3.8, 4) is 0 Å². The number of piperidine rings is 1. The Bertz CT molecular complexity index is 754. The fraction of sp³-hybridized carbons (Fsp3) is 0.429. The van der Waals surface area contributed by atoms with E-state index in [1.807, 2.05) is 30.5 Å². The maximum atomic E-state index is 11.7. The lowest BCUT2D eigenvalue weighted by Gasteiger charge is -2.30. The van der Waals surface area contributed by atoms with Crippen LogP contribution in [0.1, 0.15) is 32.1 Å². The molecular weight excluding hydrogens is 451 g/mol. The quantitative estimate of drug-likeness (QED) is 0.292. The fourth-order valence-electron chi connectivity index (χ4n) is 3.20. The number of likely N-dealkylation sites (tertiary alicyclic amines) is 1. The number of guanidine groups is 1. The highest BCUT2D eigenvalue weighted by Crippen LogP contribution is 2.12. The number of aliphatic imine (C=N–C) groups is 1. The molecule has 0 saturated carbocycles. The number of nitrogens with zero attached hydrogens (tertiary/aromatic N) is 3. The average molecular weight is 480 g/mol. The Kier molecular flexibility index (Phi) is 9.38. The number of nitrogens with one attached hydrogen (secondary N) is 1. The summed E-state index contributed by atoms with van der Waals surface area (Å²) in [6.45, 7) is 3.66. The van der Waals surface area contributed by atoms with Crippen molar-refractivity contribution in [2.75, 3.05) is 25.0 Å². The molecule has 1 aromatic carbocycles. The van der Waals surface area contributed by atoms with Gasteiger partial charge >= 0.3 is 0 Å². The van der Waals surface area contributed by atoms with Gasteiger partial charge in [-0.15, -0.1) is 24.0 Å². The molecule has 0 amide bonds. The van der Waals surface area contributed by atoms with Crippen molar-refractivity contribution >= 4 is 35.6 Å². The van der Waals surface area contributed by atoms with Gasteiger partial charge in [0.25, 0.3) is 0 Å². The number of aromatic nitrogens is 1. The number of halogens is 1. The summed E-state index contributed by atoms with van der Waals surface area (Å²) in [6.07, 6.45) is 7.53. The van der Waals surface area contributed by atoms with E-state index < -0.39 is 0 Å². The van der Waals surface area contributed by atoms with E-state index in [0.717, 1.165) is 50.7 Å². The van der Waals surface area contributed by atoms with Gasteiger partial charge in [0.05, 0.1) is 0 Å². The molecule has 0 aliphatic carbocycles. The molecule has 0 unspecified atom stereocenters. The molecule has 1 saturated heterocycles. The van der Waals surface area contributed by atoms with Crippen molar-refractivity contribution in [1.29, 1.82) is 0 Å². The molecule has 3 rings (SSSR count). The number of anilines is 1. The minimum absolute atomic E-state index is 0. The molecule has 2 heterocycles. The Hall–Kier alpha value is -1.83. The van der Waals surface area contributed by atoms with Crippen LogP contribution in [0.25, 0.3) is 0 Å². The van der Waals surface area contributed by atoms with E-state index in [9.17, 15) is 4.79 Å². The maximum absolute atomic E-state index is 11.7. The molecule has 6 heteroatoms. The van der Waals surface area contributed by atoms with Crippen molar-refractivity contribution in [3.63, 3.8) is 0 Å². The summed E-state index contributed by atoms with van der Waals surface area (Å²) in [6, 6.07) is 15.5. The van der Waals surface area contributed by atoms with Crippen molar-refractivity contribution in [1.82, 2.24) is 9.47 Å². The number of benzene rings is 1. The number of pyridine rings is 1. The largest absolute Gasteiger partial charge is 0.343 e. The van der Waals surface area contributed by atoms with Gasteiger partial charge in [-0.3, -0.25) is 9.79 Å². The minimum Gasteiger partial charge on any atom is -0.343 e. The zero-order chi connectivity index (χ0) is 18.0. The molecule has 1 N–H and O–H groups in total. The predicted molar refractivity (Wildman–Crippen MR) is 123 cm³/mol. The van der Waals surface area contributed by atoms with Crippen LogP contribution in [0, 0.1) is 0 Å². The predicted octanol–water partition coefficient (Wildman–Crippen LogP) is 4.20. The third kappa shape index (κ3) is 7.01. The van der Waals surface area contributed by atoms with Gasteiger partial charge in [-0.25, -0.2) is 0 Å². The Balaban J connectivity index is 0.00000261. The number of hydrogen-bond donors (Lipinski definition) is 1. The second-order valence-corrected chi connectivity index (χ2v) is 6.68. The summed E-state index contributed by atoms with van der Waals surface area (Å²) in [5.41, 5.74) is 1.14. The van der Waals surface area contributed by atoms with Crippen LogP contribution in [0.5, 0.6) is 0 Å². The van der Waals surface area contributed by atoms with E-state index in [1.165, 1.54) is 19.3 Å². The Morgan fingerprint density at radius 2 is 1.70 bits per heavy atom. The third-order valence-corrected chi connectivity index (χ3v) is 4.65. The first kappa shape index (κ1) is 21.5. The Morgan fingerprint density at radius 1 is 0.963 bits per heavy atom. The van der Waals surface area contributed by atoms with Gasteiger partial charge in [0.2, 0.25) is 5.56 Å². The van der Waals surface area contributed by atoms with Crippen LogP contribution in [-0.4, -0.2) is 35.1 Å². The number of hydrogen-bond acceptors (Lipinski definition) is 2. The zero-order valence-corrected chi connectivity index (χ0v) is 18.0. The SMILES string of the molecule is I.O=c1ccccn1CCCCN=C(Nc1ccccc1)N1CCCCC1. The molecule has 5 nitrogen and oxygen atoms in total. The van der Waals surface area contributed by atoms with E-state index in [2.05, 4.69) is 22.3 Å². The summed E-state index contributed by atoms with van der Waals surface area (Å²) >= 11 is 0. The molecule has 1 aliphatic heterocycles. The molecular formula is C21H29IN4O. The molecule has 0 bridgehead atoms. The molecule has 2 aromatic rings. The lowest BCUT2D eigenvalue weighted by molar-refractivity contribution is 0.340. The number of para-hydroxylation sites is 1. The second kappa shape index (κ2) is 11.8. The molecule has 1 aliphatic rings. The summed E-state index contributed by atoms with van der Waals surface area (Å²) < 4.78 is 1.76. The molecule has 1 aromatic heterocycles. The minimum atomic E-state index is 0. The number of rotatable bonds is 6. The smallest absolute Gasteiger partial charge is 0.250 e. The van der Waals surface area contributed by atoms with Crippen LogP contribution in [-0.2, 0) is 6.54 Å². The Labute approximate surface area is 178 Å². The van der Waals surface area contributed by atoms with Crippen LogP contribution in [0.4, 0.5) is 5.69 Å². The molecule has 27 heavy (non-hydrogen) atoms. The monoisotopic (exact) mass is 480 g/mol. The highest BCUT2D eigenvalue weighted by Gasteiger charge is 2.14.